The van der Waals surface area contributed by atoms with E-state index in [4.69, 9.17) is 31.8 Å². The summed E-state index contributed by atoms with van der Waals surface area (Å²) in [5.74, 6) is -0.698. The zero-order valence-corrected chi connectivity index (χ0v) is 13.4. The largest absolute Gasteiger partial charge is 0.459 e. The van der Waals surface area contributed by atoms with E-state index in [0.29, 0.717) is 6.61 Å². The molecule has 1 heterocycles. The SMILES string of the molecule is O=C(OCC1CCCCO1)c1cc(S(=O)(=O)Cl)ccc1Cl. The summed E-state index contributed by atoms with van der Waals surface area (Å²) in [5.41, 5.74) is -0.0331. The molecule has 1 aliphatic heterocycles. The fraction of sp³-hybridized carbons (Fsp3) is 0.462. The van der Waals surface area contributed by atoms with Crippen LogP contribution in [0.15, 0.2) is 23.1 Å². The first-order chi connectivity index (χ1) is 9.88. The average Bonchev–Trinajstić information content (AvgIpc) is 2.45. The third-order valence-electron chi connectivity index (χ3n) is 3.11. The van der Waals surface area contributed by atoms with Gasteiger partial charge in [0.2, 0.25) is 0 Å². The topological polar surface area (TPSA) is 69.7 Å². The van der Waals surface area contributed by atoms with Crippen LogP contribution in [0.4, 0.5) is 0 Å². The van der Waals surface area contributed by atoms with Crippen LogP contribution in [0.5, 0.6) is 0 Å². The normalized spacial score (nSPS) is 19.2. The minimum absolute atomic E-state index is 0.0331. The van der Waals surface area contributed by atoms with Crippen LogP contribution in [0.2, 0.25) is 5.02 Å². The Kier molecular flexibility index (Phi) is 5.48. The summed E-state index contributed by atoms with van der Waals surface area (Å²) in [6, 6.07) is 3.63. The molecule has 1 saturated heterocycles. The number of benzene rings is 1. The van der Waals surface area contributed by atoms with Gasteiger partial charge < -0.3 is 9.47 Å². The van der Waals surface area contributed by atoms with Crippen molar-refractivity contribution in [2.45, 2.75) is 30.3 Å². The Balaban J connectivity index is 2.07. The summed E-state index contributed by atoms with van der Waals surface area (Å²) >= 11 is 5.89. The lowest BCUT2D eigenvalue weighted by molar-refractivity contribution is -0.0300. The van der Waals surface area contributed by atoms with E-state index in [1.807, 2.05) is 0 Å². The van der Waals surface area contributed by atoms with E-state index in [0.717, 1.165) is 25.3 Å². The van der Waals surface area contributed by atoms with Crippen LogP contribution in [-0.4, -0.2) is 33.7 Å². The van der Waals surface area contributed by atoms with Gasteiger partial charge in [0.05, 0.1) is 21.6 Å². The molecule has 8 heteroatoms. The first-order valence-corrected chi connectivity index (χ1v) is 9.09. The summed E-state index contributed by atoms with van der Waals surface area (Å²) in [6.45, 7) is 0.774. The Morgan fingerprint density at radius 3 is 2.76 bits per heavy atom. The summed E-state index contributed by atoms with van der Waals surface area (Å²) in [5, 5.41) is 0.105. The molecule has 0 spiro atoms. The average molecular weight is 353 g/mol. The van der Waals surface area contributed by atoms with Crippen LogP contribution < -0.4 is 0 Å². The molecule has 2 rings (SSSR count). The quantitative estimate of drug-likeness (QED) is 0.615. The van der Waals surface area contributed by atoms with Crippen molar-refractivity contribution in [3.63, 3.8) is 0 Å². The van der Waals surface area contributed by atoms with E-state index in [-0.39, 0.29) is 28.2 Å². The van der Waals surface area contributed by atoms with Gasteiger partial charge in [-0.2, -0.15) is 0 Å². The molecule has 0 radical (unpaired) electrons. The van der Waals surface area contributed by atoms with E-state index >= 15 is 0 Å². The van der Waals surface area contributed by atoms with E-state index < -0.39 is 15.0 Å². The van der Waals surface area contributed by atoms with Crippen molar-refractivity contribution in [2.24, 2.45) is 0 Å². The molecule has 21 heavy (non-hydrogen) atoms. The highest BCUT2D eigenvalue weighted by Crippen LogP contribution is 2.24. The monoisotopic (exact) mass is 352 g/mol. The Hall–Kier alpha value is -0.820. The molecule has 0 amide bonds. The molecule has 0 bridgehead atoms. The van der Waals surface area contributed by atoms with Gasteiger partial charge >= 0.3 is 5.97 Å². The van der Waals surface area contributed by atoms with Crippen LogP contribution in [0.25, 0.3) is 0 Å². The predicted molar refractivity (Wildman–Crippen MR) is 78.4 cm³/mol. The molecule has 1 unspecified atom stereocenters. The number of hydrogen-bond acceptors (Lipinski definition) is 5. The Bertz CT molecular complexity index is 623. The van der Waals surface area contributed by atoms with Gasteiger partial charge in [-0.3, -0.25) is 0 Å². The molecule has 1 aliphatic rings. The second-order valence-corrected chi connectivity index (χ2v) is 7.64. The summed E-state index contributed by atoms with van der Waals surface area (Å²) < 4.78 is 33.1. The van der Waals surface area contributed by atoms with Gasteiger partial charge in [-0.1, -0.05) is 11.6 Å². The summed E-state index contributed by atoms with van der Waals surface area (Å²) in [6.07, 6.45) is 2.74. The van der Waals surface area contributed by atoms with Crippen LogP contribution in [-0.2, 0) is 18.5 Å². The molecule has 0 aromatic heterocycles. The number of ether oxygens (including phenoxy) is 2. The fourth-order valence-electron chi connectivity index (χ4n) is 2.00. The highest BCUT2D eigenvalue weighted by Gasteiger charge is 2.20. The molecule has 1 aromatic carbocycles. The number of esters is 1. The van der Waals surface area contributed by atoms with Gasteiger partial charge in [0.1, 0.15) is 6.61 Å². The zero-order valence-electron chi connectivity index (χ0n) is 11.1. The molecule has 0 N–H and O–H groups in total. The smallest absolute Gasteiger partial charge is 0.339 e. The number of halogens is 2. The summed E-state index contributed by atoms with van der Waals surface area (Å²) in [4.78, 5) is 11.8. The lowest BCUT2D eigenvalue weighted by Crippen LogP contribution is -2.26. The first kappa shape index (κ1) is 16.5. The van der Waals surface area contributed by atoms with Crippen molar-refractivity contribution in [2.75, 3.05) is 13.2 Å². The third kappa shape index (κ3) is 4.57. The van der Waals surface area contributed by atoms with Gasteiger partial charge in [-0.05, 0) is 37.5 Å². The molecule has 116 valence electrons. The highest BCUT2D eigenvalue weighted by atomic mass is 35.7. The second-order valence-electron chi connectivity index (χ2n) is 4.67. The molecular formula is C13H14Cl2O5S. The minimum atomic E-state index is -3.93. The van der Waals surface area contributed by atoms with E-state index in [9.17, 15) is 13.2 Å². The Morgan fingerprint density at radius 1 is 1.38 bits per heavy atom. The van der Waals surface area contributed by atoms with E-state index in [2.05, 4.69) is 0 Å². The molecule has 1 aromatic rings. The predicted octanol–water partition coefficient (Wildman–Crippen LogP) is 2.99. The Labute approximate surface area is 132 Å². The third-order valence-corrected chi connectivity index (χ3v) is 4.79. The van der Waals surface area contributed by atoms with E-state index in [1.165, 1.54) is 12.1 Å². The fourth-order valence-corrected chi connectivity index (χ4v) is 2.97. The first-order valence-electron chi connectivity index (χ1n) is 6.41. The second kappa shape index (κ2) is 6.96. The van der Waals surface area contributed by atoms with Crippen LogP contribution >= 0.6 is 22.3 Å². The summed E-state index contributed by atoms with van der Waals surface area (Å²) in [7, 11) is 1.31. The Morgan fingerprint density at radius 2 is 2.14 bits per heavy atom. The van der Waals surface area contributed by atoms with Crippen molar-refractivity contribution in [3.8, 4) is 0 Å². The maximum atomic E-state index is 12.0. The number of rotatable bonds is 4. The van der Waals surface area contributed by atoms with Crippen molar-refractivity contribution >= 4 is 37.3 Å². The lowest BCUT2D eigenvalue weighted by Gasteiger charge is -2.22. The van der Waals surface area contributed by atoms with Gasteiger partial charge in [0.15, 0.2) is 0 Å². The molecule has 0 saturated carbocycles. The standard InChI is InChI=1S/C13H14Cl2O5S/c14-12-5-4-10(21(15,17)18)7-11(12)13(16)20-8-9-3-1-2-6-19-9/h4-5,7,9H,1-3,6,8H2. The van der Waals surface area contributed by atoms with Crippen LogP contribution in [0.3, 0.4) is 0 Å². The number of hydrogen-bond donors (Lipinski definition) is 0. The van der Waals surface area contributed by atoms with Gasteiger partial charge in [0, 0.05) is 17.3 Å². The van der Waals surface area contributed by atoms with Crippen LogP contribution in [0, 0.1) is 0 Å². The van der Waals surface area contributed by atoms with Crippen LogP contribution in [0.1, 0.15) is 29.6 Å². The van der Waals surface area contributed by atoms with Gasteiger partial charge in [0.25, 0.3) is 9.05 Å². The number of carbonyl (C=O) groups is 1. The van der Waals surface area contributed by atoms with Gasteiger partial charge in [-0.25, -0.2) is 13.2 Å². The van der Waals surface area contributed by atoms with Crippen molar-refractivity contribution in [1.82, 2.24) is 0 Å². The number of carbonyl (C=O) groups excluding carboxylic acids is 1. The molecule has 5 nitrogen and oxygen atoms in total. The van der Waals surface area contributed by atoms with Gasteiger partial charge in [-0.15, -0.1) is 0 Å². The lowest BCUT2D eigenvalue weighted by atomic mass is 10.1. The maximum absolute atomic E-state index is 12.0. The molecular weight excluding hydrogens is 339 g/mol. The minimum Gasteiger partial charge on any atom is -0.459 e. The van der Waals surface area contributed by atoms with Crippen molar-refractivity contribution in [3.05, 3.63) is 28.8 Å². The zero-order chi connectivity index (χ0) is 15.5. The highest BCUT2D eigenvalue weighted by molar-refractivity contribution is 8.13. The molecule has 1 atom stereocenters. The van der Waals surface area contributed by atoms with E-state index in [1.54, 1.807) is 0 Å². The molecule has 1 fully saturated rings. The maximum Gasteiger partial charge on any atom is 0.339 e. The molecule has 0 aliphatic carbocycles. The van der Waals surface area contributed by atoms with Crippen molar-refractivity contribution < 1.29 is 22.7 Å². The van der Waals surface area contributed by atoms with Crippen molar-refractivity contribution in [1.29, 1.82) is 0 Å².